The highest BCUT2D eigenvalue weighted by atomic mass is 15.2. The average molecular weight is 256 g/mol. The molecule has 0 aliphatic heterocycles. The van der Waals surface area contributed by atoms with E-state index >= 15 is 0 Å². The van der Waals surface area contributed by atoms with Crippen LogP contribution in [0.15, 0.2) is 36.7 Å². The van der Waals surface area contributed by atoms with Crippen LogP contribution in [-0.4, -0.2) is 17.0 Å². The predicted molar refractivity (Wildman–Crippen MR) is 77.9 cm³/mol. The average Bonchev–Trinajstić information content (AvgIpc) is 2.47. The molecule has 0 atom stereocenters. The second-order valence-corrected chi connectivity index (χ2v) is 4.59. The number of anilines is 1. The molecule has 0 bridgehead atoms. The summed E-state index contributed by atoms with van der Waals surface area (Å²) in [6, 6.07) is 8.16. The molecule has 2 aromatic rings. The molecule has 100 valence electrons. The Kier molecular flexibility index (Phi) is 4.47. The lowest BCUT2D eigenvalue weighted by Crippen LogP contribution is -2.18. The van der Waals surface area contributed by atoms with Crippen molar-refractivity contribution in [3.05, 3.63) is 53.5 Å². The zero-order chi connectivity index (χ0) is 13.7. The minimum absolute atomic E-state index is 0.547. The van der Waals surface area contributed by atoms with E-state index in [1.807, 2.05) is 31.6 Å². The van der Waals surface area contributed by atoms with E-state index in [0.29, 0.717) is 6.54 Å². The first-order valence-corrected chi connectivity index (χ1v) is 6.53. The first kappa shape index (κ1) is 13.5. The van der Waals surface area contributed by atoms with Gasteiger partial charge in [0.05, 0.1) is 0 Å². The van der Waals surface area contributed by atoms with Crippen molar-refractivity contribution in [3.63, 3.8) is 0 Å². The number of hydrogen-bond donors (Lipinski definition) is 1. The maximum Gasteiger partial charge on any atom is 0.129 e. The molecular weight excluding hydrogens is 236 g/mol. The summed E-state index contributed by atoms with van der Waals surface area (Å²) in [6.45, 7) is 3.47. The molecule has 0 saturated carbocycles. The van der Waals surface area contributed by atoms with E-state index in [1.165, 1.54) is 5.56 Å². The van der Waals surface area contributed by atoms with Gasteiger partial charge in [-0.3, -0.25) is 4.98 Å². The van der Waals surface area contributed by atoms with Crippen LogP contribution in [0.4, 0.5) is 5.82 Å². The molecule has 0 unspecified atom stereocenters. The van der Waals surface area contributed by atoms with Crippen LogP contribution in [0.5, 0.6) is 0 Å². The first-order chi connectivity index (χ1) is 9.22. The summed E-state index contributed by atoms with van der Waals surface area (Å²) in [4.78, 5) is 10.8. The summed E-state index contributed by atoms with van der Waals surface area (Å²) in [7, 11) is 2.04. The van der Waals surface area contributed by atoms with E-state index in [1.54, 1.807) is 0 Å². The lowest BCUT2D eigenvalue weighted by molar-refractivity contribution is 0.873. The van der Waals surface area contributed by atoms with Crippen molar-refractivity contribution in [2.24, 2.45) is 5.73 Å². The first-order valence-electron chi connectivity index (χ1n) is 6.53. The minimum Gasteiger partial charge on any atom is -0.355 e. The van der Waals surface area contributed by atoms with Gasteiger partial charge in [0.1, 0.15) is 5.82 Å². The zero-order valence-corrected chi connectivity index (χ0v) is 11.5. The van der Waals surface area contributed by atoms with Gasteiger partial charge >= 0.3 is 0 Å². The largest absolute Gasteiger partial charge is 0.355 e. The highest BCUT2D eigenvalue weighted by molar-refractivity contribution is 5.42. The molecule has 2 aromatic heterocycles. The topological polar surface area (TPSA) is 55.0 Å². The predicted octanol–water partition coefficient (Wildman–Crippen LogP) is 2.13. The maximum absolute atomic E-state index is 5.74. The molecule has 0 aliphatic rings. The van der Waals surface area contributed by atoms with Crippen LogP contribution in [0, 0.1) is 0 Å². The van der Waals surface area contributed by atoms with Crippen molar-refractivity contribution >= 4 is 5.82 Å². The van der Waals surface area contributed by atoms with Gasteiger partial charge in [-0.15, -0.1) is 0 Å². The van der Waals surface area contributed by atoms with E-state index < -0.39 is 0 Å². The quantitative estimate of drug-likeness (QED) is 0.890. The summed E-state index contributed by atoms with van der Waals surface area (Å²) in [5.74, 6) is 0.969. The van der Waals surface area contributed by atoms with Gasteiger partial charge in [0.15, 0.2) is 0 Å². The van der Waals surface area contributed by atoms with Crippen LogP contribution in [-0.2, 0) is 19.5 Å². The number of aryl methyl sites for hydroxylation is 1. The molecule has 0 aromatic carbocycles. The number of pyridine rings is 2. The monoisotopic (exact) mass is 256 g/mol. The fourth-order valence-electron chi connectivity index (χ4n) is 1.97. The normalized spacial score (nSPS) is 10.5. The Morgan fingerprint density at radius 1 is 1.16 bits per heavy atom. The smallest absolute Gasteiger partial charge is 0.129 e. The van der Waals surface area contributed by atoms with Crippen LogP contribution in [0.3, 0.4) is 0 Å². The highest BCUT2D eigenvalue weighted by Gasteiger charge is 2.06. The molecule has 19 heavy (non-hydrogen) atoms. The summed E-state index contributed by atoms with van der Waals surface area (Å²) in [5, 5.41) is 0. The molecule has 4 heteroatoms. The third-order valence-corrected chi connectivity index (χ3v) is 3.08. The third kappa shape index (κ3) is 3.51. The van der Waals surface area contributed by atoms with Crippen molar-refractivity contribution in [1.82, 2.24) is 9.97 Å². The van der Waals surface area contributed by atoms with Crippen molar-refractivity contribution in [2.45, 2.75) is 26.4 Å². The standard InChI is InChI=1S/C15H20N4/c1-3-14-8-13(10-16)9-15(18-14)19(2)11-12-4-6-17-7-5-12/h4-9H,3,10-11,16H2,1-2H3. The fourth-order valence-corrected chi connectivity index (χ4v) is 1.97. The Balaban J connectivity index is 2.20. The van der Waals surface area contributed by atoms with Crippen LogP contribution in [0.2, 0.25) is 0 Å². The van der Waals surface area contributed by atoms with Crippen molar-refractivity contribution in [2.75, 3.05) is 11.9 Å². The van der Waals surface area contributed by atoms with Gasteiger partial charge in [0.2, 0.25) is 0 Å². The Labute approximate surface area is 114 Å². The van der Waals surface area contributed by atoms with E-state index in [0.717, 1.165) is 30.0 Å². The Morgan fingerprint density at radius 3 is 2.53 bits per heavy atom. The molecule has 0 spiro atoms. The van der Waals surface area contributed by atoms with Crippen LogP contribution in [0.25, 0.3) is 0 Å². The Hall–Kier alpha value is -1.94. The van der Waals surface area contributed by atoms with Crippen molar-refractivity contribution in [3.8, 4) is 0 Å². The van der Waals surface area contributed by atoms with Crippen molar-refractivity contribution in [1.29, 1.82) is 0 Å². The Bertz CT molecular complexity index is 503. The van der Waals surface area contributed by atoms with Crippen LogP contribution < -0.4 is 10.6 Å². The SMILES string of the molecule is CCc1cc(CN)cc(N(C)Cc2ccncc2)n1. The van der Waals surface area contributed by atoms with E-state index in [4.69, 9.17) is 5.73 Å². The second kappa shape index (κ2) is 6.29. The lowest BCUT2D eigenvalue weighted by atomic mass is 10.2. The summed E-state index contributed by atoms with van der Waals surface area (Å²) in [5.41, 5.74) is 9.17. The third-order valence-electron chi connectivity index (χ3n) is 3.08. The molecule has 2 rings (SSSR count). The number of rotatable bonds is 5. The van der Waals surface area contributed by atoms with Gasteiger partial charge in [-0.2, -0.15) is 0 Å². The molecule has 0 fully saturated rings. The van der Waals surface area contributed by atoms with E-state index in [9.17, 15) is 0 Å². The molecule has 0 radical (unpaired) electrons. The minimum atomic E-state index is 0.547. The summed E-state index contributed by atoms with van der Waals surface area (Å²) < 4.78 is 0. The van der Waals surface area contributed by atoms with Gasteiger partial charge in [0.25, 0.3) is 0 Å². The molecule has 0 aliphatic carbocycles. The maximum atomic E-state index is 5.74. The molecule has 2 N–H and O–H groups in total. The second-order valence-electron chi connectivity index (χ2n) is 4.59. The van der Waals surface area contributed by atoms with Gasteiger partial charge < -0.3 is 10.6 Å². The number of nitrogens with zero attached hydrogens (tertiary/aromatic N) is 3. The van der Waals surface area contributed by atoms with Gasteiger partial charge in [-0.05, 0) is 41.8 Å². The van der Waals surface area contributed by atoms with Gasteiger partial charge in [-0.1, -0.05) is 6.92 Å². The molecule has 2 heterocycles. The molecule has 0 saturated heterocycles. The Morgan fingerprint density at radius 2 is 1.89 bits per heavy atom. The van der Waals surface area contributed by atoms with Crippen LogP contribution >= 0.6 is 0 Å². The lowest BCUT2D eigenvalue weighted by Gasteiger charge is -2.19. The van der Waals surface area contributed by atoms with Crippen LogP contribution in [0.1, 0.15) is 23.7 Å². The molecule has 0 amide bonds. The van der Waals surface area contributed by atoms with Gasteiger partial charge in [-0.25, -0.2) is 4.98 Å². The number of nitrogens with two attached hydrogens (primary N) is 1. The fraction of sp³-hybridized carbons (Fsp3) is 0.333. The highest BCUT2D eigenvalue weighted by Crippen LogP contribution is 2.16. The number of hydrogen-bond acceptors (Lipinski definition) is 4. The van der Waals surface area contributed by atoms with E-state index in [-0.39, 0.29) is 0 Å². The van der Waals surface area contributed by atoms with Crippen molar-refractivity contribution < 1.29 is 0 Å². The molecular formula is C15H20N4. The summed E-state index contributed by atoms with van der Waals surface area (Å²) >= 11 is 0. The number of aromatic nitrogens is 2. The van der Waals surface area contributed by atoms with Gasteiger partial charge in [0, 0.05) is 38.2 Å². The zero-order valence-electron chi connectivity index (χ0n) is 11.5. The molecule has 4 nitrogen and oxygen atoms in total. The summed E-state index contributed by atoms with van der Waals surface area (Å²) in [6.07, 6.45) is 4.54. The van der Waals surface area contributed by atoms with E-state index in [2.05, 4.69) is 33.9 Å².